The molecule has 1 aliphatic rings. The van der Waals surface area contributed by atoms with E-state index < -0.39 is 6.03 Å². The zero-order valence-corrected chi connectivity index (χ0v) is 21.7. The van der Waals surface area contributed by atoms with Crippen LogP contribution in [0, 0.1) is 0 Å². The van der Waals surface area contributed by atoms with Crippen LogP contribution < -0.4 is 15.5 Å². The van der Waals surface area contributed by atoms with E-state index in [0.717, 1.165) is 56.8 Å². The summed E-state index contributed by atoms with van der Waals surface area (Å²) >= 11 is 12.1. The number of carbonyl (C=O) groups is 2. The van der Waals surface area contributed by atoms with Gasteiger partial charge in [0, 0.05) is 30.3 Å². The van der Waals surface area contributed by atoms with Crippen molar-refractivity contribution in [1.29, 1.82) is 0 Å². The van der Waals surface area contributed by atoms with Crippen molar-refractivity contribution < 1.29 is 14.0 Å². The fourth-order valence-corrected chi connectivity index (χ4v) is 4.71. The summed E-state index contributed by atoms with van der Waals surface area (Å²) in [6.07, 6.45) is 5.64. The van der Waals surface area contributed by atoms with Gasteiger partial charge in [-0.3, -0.25) is 4.79 Å². The number of nitrogens with zero attached hydrogens (tertiary/aromatic N) is 2. The first-order chi connectivity index (χ1) is 17.4. The predicted octanol–water partition coefficient (Wildman–Crippen LogP) is 7.27. The minimum absolute atomic E-state index is 0.0340. The molecule has 0 aliphatic carbocycles. The highest BCUT2D eigenvalue weighted by molar-refractivity contribution is 6.36. The maximum absolute atomic E-state index is 13.6. The van der Waals surface area contributed by atoms with E-state index in [1.54, 1.807) is 36.6 Å². The van der Waals surface area contributed by atoms with Crippen molar-refractivity contribution in [2.45, 2.75) is 39.2 Å². The van der Waals surface area contributed by atoms with Gasteiger partial charge in [-0.05, 0) is 67.8 Å². The Labute approximate surface area is 221 Å². The molecular weight excluding hydrogens is 499 g/mol. The molecule has 0 saturated carbocycles. The highest BCUT2D eigenvalue weighted by atomic mass is 35.5. The zero-order valence-electron chi connectivity index (χ0n) is 20.2. The molecule has 0 radical (unpaired) electrons. The summed E-state index contributed by atoms with van der Waals surface area (Å²) in [5, 5.41) is 6.37. The van der Waals surface area contributed by atoms with Crippen molar-refractivity contribution in [2.24, 2.45) is 0 Å². The van der Waals surface area contributed by atoms with Gasteiger partial charge in [-0.15, -0.1) is 0 Å². The lowest BCUT2D eigenvalue weighted by Gasteiger charge is -2.28. The Hall–Kier alpha value is -3.16. The number of benzene rings is 2. The molecule has 1 aliphatic heterocycles. The molecule has 2 N–H and O–H groups in total. The first kappa shape index (κ1) is 25.9. The number of furan rings is 1. The second kappa shape index (κ2) is 12.2. The molecule has 9 heteroatoms. The average Bonchev–Trinajstić information content (AvgIpc) is 3.58. The molecule has 1 aromatic heterocycles. The molecule has 3 aromatic rings. The van der Waals surface area contributed by atoms with Crippen LogP contribution in [-0.2, 0) is 6.54 Å². The first-order valence-electron chi connectivity index (χ1n) is 12.2. The Kier molecular flexibility index (Phi) is 8.78. The SMILES string of the molecule is CCCCN(Cc1ccco1)c1ccc(NC(=O)Nc2ccc(Cl)cc2Cl)cc1C(=O)N1CCCC1. The number of likely N-dealkylation sites (tertiary alicyclic amines) is 1. The van der Waals surface area contributed by atoms with Gasteiger partial charge in [0.25, 0.3) is 5.91 Å². The van der Waals surface area contributed by atoms with Gasteiger partial charge in [0.15, 0.2) is 0 Å². The van der Waals surface area contributed by atoms with Crippen LogP contribution in [0.1, 0.15) is 48.7 Å². The predicted molar refractivity (Wildman–Crippen MR) is 145 cm³/mol. The molecule has 190 valence electrons. The van der Waals surface area contributed by atoms with Gasteiger partial charge < -0.3 is 24.9 Å². The zero-order chi connectivity index (χ0) is 25.5. The van der Waals surface area contributed by atoms with Crippen molar-refractivity contribution in [3.63, 3.8) is 0 Å². The maximum atomic E-state index is 13.6. The van der Waals surface area contributed by atoms with E-state index >= 15 is 0 Å². The van der Waals surface area contributed by atoms with E-state index in [1.807, 2.05) is 23.1 Å². The Bertz CT molecular complexity index is 1190. The standard InChI is InChI=1S/C27H30Cl2N4O3/c1-2-3-12-33(18-21-7-6-15-36-21)25-11-9-20(17-22(25)26(34)32-13-4-5-14-32)30-27(35)31-24-10-8-19(28)16-23(24)29/h6-11,15-17H,2-5,12-14,18H2,1H3,(H2,30,31,35). The Balaban J connectivity index is 1.61. The quantitative estimate of drug-likeness (QED) is 0.306. The second-order valence-electron chi connectivity index (χ2n) is 8.79. The highest BCUT2D eigenvalue weighted by Crippen LogP contribution is 2.30. The molecule has 2 aromatic carbocycles. The van der Waals surface area contributed by atoms with Crippen LogP contribution in [0.3, 0.4) is 0 Å². The maximum Gasteiger partial charge on any atom is 0.323 e. The molecule has 0 unspecified atom stereocenters. The van der Waals surface area contributed by atoms with Crippen molar-refractivity contribution in [3.05, 3.63) is 76.2 Å². The first-order valence-corrected chi connectivity index (χ1v) is 12.9. The van der Waals surface area contributed by atoms with Gasteiger partial charge in [0.1, 0.15) is 5.76 Å². The molecule has 0 atom stereocenters. The lowest BCUT2D eigenvalue weighted by atomic mass is 10.1. The lowest BCUT2D eigenvalue weighted by Crippen LogP contribution is -2.31. The topological polar surface area (TPSA) is 77.8 Å². The fourth-order valence-electron chi connectivity index (χ4n) is 4.25. The van der Waals surface area contributed by atoms with E-state index in [0.29, 0.717) is 33.5 Å². The fraction of sp³-hybridized carbons (Fsp3) is 0.333. The molecule has 4 rings (SSSR count). The van der Waals surface area contributed by atoms with Gasteiger partial charge in [-0.2, -0.15) is 0 Å². The third kappa shape index (κ3) is 6.53. The van der Waals surface area contributed by atoms with E-state index in [4.69, 9.17) is 27.6 Å². The lowest BCUT2D eigenvalue weighted by molar-refractivity contribution is 0.0793. The molecule has 1 fully saturated rings. The van der Waals surface area contributed by atoms with Crippen molar-refractivity contribution >= 4 is 52.2 Å². The Morgan fingerprint density at radius 1 is 1.06 bits per heavy atom. The van der Waals surface area contributed by atoms with E-state index in [9.17, 15) is 9.59 Å². The molecule has 2 heterocycles. The number of amides is 3. The number of hydrogen-bond acceptors (Lipinski definition) is 4. The van der Waals surface area contributed by atoms with E-state index in [-0.39, 0.29) is 5.91 Å². The molecule has 0 bridgehead atoms. The van der Waals surface area contributed by atoms with Crippen LogP contribution in [-0.4, -0.2) is 36.5 Å². The monoisotopic (exact) mass is 528 g/mol. The largest absolute Gasteiger partial charge is 0.467 e. The van der Waals surface area contributed by atoms with Crippen LogP contribution >= 0.6 is 23.2 Å². The van der Waals surface area contributed by atoms with Gasteiger partial charge in [0.05, 0.1) is 34.8 Å². The minimum atomic E-state index is -0.468. The van der Waals surface area contributed by atoms with Crippen molar-refractivity contribution in [2.75, 3.05) is 35.2 Å². The van der Waals surface area contributed by atoms with Crippen LogP contribution in [0.2, 0.25) is 10.0 Å². The van der Waals surface area contributed by atoms with Crippen LogP contribution in [0.15, 0.2) is 59.2 Å². The van der Waals surface area contributed by atoms with E-state index in [2.05, 4.69) is 22.5 Å². The van der Waals surface area contributed by atoms with Crippen LogP contribution in [0.5, 0.6) is 0 Å². The number of anilines is 3. The summed E-state index contributed by atoms with van der Waals surface area (Å²) in [5.41, 5.74) is 2.33. The number of nitrogens with one attached hydrogen (secondary N) is 2. The van der Waals surface area contributed by atoms with E-state index in [1.165, 1.54) is 0 Å². The summed E-state index contributed by atoms with van der Waals surface area (Å²) in [4.78, 5) is 30.3. The van der Waals surface area contributed by atoms with Gasteiger partial charge in [-0.1, -0.05) is 36.5 Å². The minimum Gasteiger partial charge on any atom is -0.467 e. The average molecular weight is 529 g/mol. The smallest absolute Gasteiger partial charge is 0.323 e. The summed E-state index contributed by atoms with van der Waals surface area (Å²) in [7, 11) is 0. The summed E-state index contributed by atoms with van der Waals surface area (Å²) in [6.45, 7) is 4.94. The summed E-state index contributed by atoms with van der Waals surface area (Å²) in [5.74, 6) is 0.792. The Morgan fingerprint density at radius 3 is 2.56 bits per heavy atom. The number of halogens is 2. The molecule has 7 nitrogen and oxygen atoms in total. The molecule has 1 saturated heterocycles. The Morgan fingerprint density at radius 2 is 1.86 bits per heavy atom. The number of carbonyl (C=O) groups excluding carboxylic acids is 2. The van der Waals surface area contributed by atoms with Crippen molar-refractivity contribution in [1.82, 2.24) is 4.90 Å². The summed E-state index contributed by atoms with van der Waals surface area (Å²) < 4.78 is 5.59. The van der Waals surface area contributed by atoms with Gasteiger partial charge in [-0.25, -0.2) is 4.79 Å². The van der Waals surface area contributed by atoms with Gasteiger partial charge in [0.2, 0.25) is 0 Å². The second-order valence-corrected chi connectivity index (χ2v) is 9.63. The third-order valence-electron chi connectivity index (χ3n) is 6.11. The molecule has 36 heavy (non-hydrogen) atoms. The number of rotatable bonds is 9. The number of unbranched alkanes of at least 4 members (excludes halogenated alkanes) is 1. The van der Waals surface area contributed by atoms with Crippen LogP contribution in [0.4, 0.5) is 21.9 Å². The normalized spacial score (nSPS) is 13.0. The molecule has 0 spiro atoms. The number of hydrogen-bond donors (Lipinski definition) is 2. The summed E-state index contributed by atoms with van der Waals surface area (Å²) in [6, 6.07) is 13.6. The number of urea groups is 1. The highest BCUT2D eigenvalue weighted by Gasteiger charge is 2.25. The molecular formula is C27H30Cl2N4O3. The van der Waals surface area contributed by atoms with Crippen molar-refractivity contribution in [3.8, 4) is 0 Å². The van der Waals surface area contributed by atoms with Gasteiger partial charge >= 0.3 is 6.03 Å². The third-order valence-corrected chi connectivity index (χ3v) is 6.65. The van der Waals surface area contributed by atoms with Crippen LogP contribution in [0.25, 0.3) is 0 Å². The molecule has 3 amide bonds.